The molecular weight excluding hydrogens is 272 g/mol. The summed E-state index contributed by atoms with van der Waals surface area (Å²) in [5.74, 6) is 0.00795. The summed E-state index contributed by atoms with van der Waals surface area (Å²) in [6, 6.07) is 1.25. The zero-order chi connectivity index (χ0) is 16.0. The van der Waals surface area contributed by atoms with Gasteiger partial charge in [0, 0.05) is 19.2 Å². The zero-order valence-electron chi connectivity index (χ0n) is 12.9. The normalized spacial score (nSPS) is 11.0. The number of rotatable bonds is 6. The third kappa shape index (κ3) is 5.37. The molecule has 1 amide bonds. The van der Waals surface area contributed by atoms with Gasteiger partial charge >= 0.3 is 0 Å². The molecule has 0 bridgehead atoms. The van der Waals surface area contributed by atoms with E-state index in [1.165, 1.54) is 6.07 Å². The summed E-state index contributed by atoms with van der Waals surface area (Å²) in [7, 11) is 0. The Bertz CT molecular complexity index is 523. The molecule has 0 spiro atoms. The zero-order valence-corrected chi connectivity index (χ0v) is 12.9. The van der Waals surface area contributed by atoms with Crippen LogP contribution < -0.4 is 10.6 Å². The lowest BCUT2D eigenvalue weighted by molar-refractivity contribution is -0.385. The molecule has 2 N–H and O–H groups in total. The molecule has 0 aromatic carbocycles. The van der Waals surface area contributed by atoms with Gasteiger partial charge in [-0.15, -0.1) is 0 Å². The van der Waals surface area contributed by atoms with Crippen molar-refractivity contribution >= 4 is 17.4 Å². The Labute approximate surface area is 124 Å². The molecule has 1 aromatic heterocycles. The first-order chi connectivity index (χ1) is 9.74. The summed E-state index contributed by atoms with van der Waals surface area (Å²) < 4.78 is 0. The van der Waals surface area contributed by atoms with Crippen molar-refractivity contribution in [1.29, 1.82) is 0 Å². The highest BCUT2D eigenvalue weighted by atomic mass is 16.6. The van der Waals surface area contributed by atoms with E-state index in [1.54, 1.807) is 0 Å². The average Bonchev–Trinajstić information content (AvgIpc) is 2.41. The van der Waals surface area contributed by atoms with Crippen LogP contribution in [-0.2, 0) is 0 Å². The molecule has 116 valence electrons. The number of pyridine rings is 1. The van der Waals surface area contributed by atoms with Crippen LogP contribution in [0.3, 0.4) is 0 Å². The summed E-state index contributed by atoms with van der Waals surface area (Å²) in [5.41, 5.74) is -0.0688. The van der Waals surface area contributed by atoms with Gasteiger partial charge in [-0.3, -0.25) is 14.9 Å². The largest absolute Gasteiger partial charge is 0.369 e. The number of amides is 1. The van der Waals surface area contributed by atoms with Crippen molar-refractivity contribution < 1.29 is 9.72 Å². The van der Waals surface area contributed by atoms with Gasteiger partial charge in [0.15, 0.2) is 0 Å². The molecule has 7 nitrogen and oxygen atoms in total. The molecule has 0 radical (unpaired) electrons. The fourth-order valence-corrected chi connectivity index (χ4v) is 1.55. The highest BCUT2D eigenvalue weighted by Crippen LogP contribution is 2.20. The second-order valence-corrected chi connectivity index (χ2v) is 6.02. The number of anilines is 1. The van der Waals surface area contributed by atoms with E-state index in [0.717, 1.165) is 12.6 Å². The molecular formula is C14H22N4O3. The minimum atomic E-state index is -0.558. The van der Waals surface area contributed by atoms with Gasteiger partial charge in [0.05, 0.1) is 10.5 Å². The van der Waals surface area contributed by atoms with Crippen molar-refractivity contribution in [3.8, 4) is 0 Å². The first-order valence-electron chi connectivity index (χ1n) is 6.91. The SMILES string of the molecule is CCCNc1ncc([N+](=O)[O-])cc1C(=O)NCC(C)(C)C. The van der Waals surface area contributed by atoms with Gasteiger partial charge in [0.2, 0.25) is 0 Å². The number of nitro groups is 1. The van der Waals surface area contributed by atoms with Crippen LogP contribution in [0.2, 0.25) is 0 Å². The van der Waals surface area contributed by atoms with Crippen LogP contribution in [0.1, 0.15) is 44.5 Å². The minimum Gasteiger partial charge on any atom is -0.369 e. The molecule has 0 unspecified atom stereocenters. The average molecular weight is 294 g/mol. The summed E-state index contributed by atoms with van der Waals surface area (Å²) in [4.78, 5) is 26.5. The van der Waals surface area contributed by atoms with Gasteiger partial charge in [-0.2, -0.15) is 0 Å². The molecule has 0 fully saturated rings. The summed E-state index contributed by atoms with van der Waals surface area (Å²) in [6.07, 6.45) is 2.01. The molecule has 21 heavy (non-hydrogen) atoms. The van der Waals surface area contributed by atoms with Crippen molar-refractivity contribution in [3.63, 3.8) is 0 Å². The third-order valence-electron chi connectivity index (χ3n) is 2.65. The Morgan fingerprint density at radius 2 is 2.10 bits per heavy atom. The van der Waals surface area contributed by atoms with Gasteiger partial charge in [0.25, 0.3) is 11.6 Å². The first-order valence-corrected chi connectivity index (χ1v) is 6.91. The highest BCUT2D eigenvalue weighted by molar-refractivity contribution is 5.99. The molecule has 0 saturated heterocycles. The van der Waals surface area contributed by atoms with Crippen LogP contribution in [0.4, 0.5) is 11.5 Å². The van der Waals surface area contributed by atoms with Crippen LogP contribution in [0.5, 0.6) is 0 Å². The molecule has 0 aliphatic rings. The smallest absolute Gasteiger partial charge is 0.288 e. The Balaban J connectivity index is 3.01. The molecule has 1 rings (SSSR count). The lowest BCUT2D eigenvalue weighted by atomic mass is 9.97. The Hall–Kier alpha value is -2.18. The molecule has 0 aliphatic heterocycles. The Kier molecular flexibility index (Phi) is 5.63. The van der Waals surface area contributed by atoms with Crippen LogP contribution in [0, 0.1) is 15.5 Å². The minimum absolute atomic E-state index is 0.0686. The standard InChI is InChI=1S/C14H22N4O3/c1-5-6-15-12-11(7-10(8-16-12)18(20)21)13(19)17-9-14(2,3)4/h7-8H,5-6,9H2,1-4H3,(H,15,16)(H,17,19). The Morgan fingerprint density at radius 1 is 1.43 bits per heavy atom. The predicted octanol–water partition coefficient (Wildman–Crippen LogP) is 2.59. The maximum atomic E-state index is 12.2. The Morgan fingerprint density at radius 3 is 2.62 bits per heavy atom. The van der Waals surface area contributed by atoms with E-state index in [-0.39, 0.29) is 22.6 Å². The molecule has 7 heteroatoms. The summed E-state index contributed by atoms with van der Waals surface area (Å²) in [6.45, 7) is 9.09. The molecule has 0 aliphatic carbocycles. The number of hydrogen-bond donors (Lipinski definition) is 2. The van der Waals surface area contributed by atoms with Gasteiger partial charge in [-0.1, -0.05) is 27.7 Å². The number of aromatic nitrogens is 1. The van der Waals surface area contributed by atoms with Crippen molar-refractivity contribution in [1.82, 2.24) is 10.3 Å². The van der Waals surface area contributed by atoms with Gasteiger partial charge in [-0.05, 0) is 11.8 Å². The van der Waals surface area contributed by atoms with E-state index in [0.29, 0.717) is 18.9 Å². The van der Waals surface area contributed by atoms with Crippen molar-refractivity contribution in [3.05, 3.63) is 27.9 Å². The van der Waals surface area contributed by atoms with Crippen molar-refractivity contribution in [2.24, 2.45) is 5.41 Å². The molecule has 1 heterocycles. The van der Waals surface area contributed by atoms with Gasteiger partial charge in [0.1, 0.15) is 12.0 Å². The molecule has 0 atom stereocenters. The maximum Gasteiger partial charge on any atom is 0.288 e. The van der Waals surface area contributed by atoms with Crippen LogP contribution in [-0.4, -0.2) is 28.9 Å². The van der Waals surface area contributed by atoms with Crippen LogP contribution in [0.15, 0.2) is 12.3 Å². The fraction of sp³-hybridized carbons (Fsp3) is 0.571. The highest BCUT2D eigenvalue weighted by Gasteiger charge is 2.19. The topological polar surface area (TPSA) is 97.2 Å². The van der Waals surface area contributed by atoms with E-state index in [2.05, 4.69) is 15.6 Å². The number of hydrogen-bond acceptors (Lipinski definition) is 5. The lowest BCUT2D eigenvalue weighted by Crippen LogP contribution is -2.32. The quantitative estimate of drug-likeness (QED) is 0.621. The lowest BCUT2D eigenvalue weighted by Gasteiger charge is -2.19. The fourth-order valence-electron chi connectivity index (χ4n) is 1.55. The predicted molar refractivity (Wildman–Crippen MR) is 81.5 cm³/mol. The van der Waals surface area contributed by atoms with Crippen molar-refractivity contribution in [2.45, 2.75) is 34.1 Å². The van der Waals surface area contributed by atoms with Crippen molar-refractivity contribution in [2.75, 3.05) is 18.4 Å². The van der Waals surface area contributed by atoms with E-state index >= 15 is 0 Å². The van der Waals surface area contributed by atoms with Gasteiger partial charge < -0.3 is 10.6 Å². The number of carbonyl (C=O) groups is 1. The number of nitrogens with one attached hydrogen (secondary N) is 2. The van der Waals surface area contributed by atoms with Gasteiger partial charge in [-0.25, -0.2) is 4.98 Å². The monoisotopic (exact) mass is 294 g/mol. The second kappa shape index (κ2) is 7.01. The maximum absolute atomic E-state index is 12.2. The molecule has 1 aromatic rings. The van der Waals surface area contributed by atoms with E-state index in [1.807, 2.05) is 27.7 Å². The second-order valence-electron chi connectivity index (χ2n) is 6.02. The van der Waals surface area contributed by atoms with E-state index < -0.39 is 4.92 Å². The first kappa shape index (κ1) is 16.9. The van der Waals surface area contributed by atoms with Crippen LogP contribution in [0.25, 0.3) is 0 Å². The summed E-state index contributed by atoms with van der Waals surface area (Å²) >= 11 is 0. The van der Waals surface area contributed by atoms with E-state index in [4.69, 9.17) is 0 Å². The third-order valence-corrected chi connectivity index (χ3v) is 2.65. The number of nitrogens with zero attached hydrogens (tertiary/aromatic N) is 2. The van der Waals surface area contributed by atoms with Crippen LogP contribution >= 0.6 is 0 Å². The number of carbonyl (C=O) groups excluding carboxylic acids is 1. The molecule has 0 saturated carbocycles. The summed E-state index contributed by atoms with van der Waals surface area (Å²) in [5, 5.41) is 16.6. The van der Waals surface area contributed by atoms with E-state index in [9.17, 15) is 14.9 Å².